The molecule has 2 aromatic carbocycles. The highest BCUT2D eigenvalue weighted by molar-refractivity contribution is 7.22. The number of rotatable bonds is 8. The van der Waals surface area contributed by atoms with Crippen LogP contribution in [-0.2, 0) is 16.8 Å². The first-order chi connectivity index (χ1) is 19.1. The number of carboxylic acid groups (broad SMARTS) is 1. The molecule has 2 aromatic heterocycles. The highest BCUT2D eigenvalue weighted by Gasteiger charge is 2.46. The number of piperidine rings is 1. The molecule has 0 atom stereocenters. The molecule has 0 bridgehead atoms. The summed E-state index contributed by atoms with van der Waals surface area (Å²) in [7, 11) is 0. The van der Waals surface area contributed by atoms with Crippen molar-refractivity contribution in [1.82, 2.24) is 10.1 Å². The zero-order chi connectivity index (χ0) is 28.1. The standard InChI is InChI=1S/C28H26F3N3O5S/c1-27(10-11-27)24-19(23(33-39-24)18-4-2-3-5-21(18)38-28(29,30)31)15-37-17-8-12-34(13-9-17)26-32-20-7-6-16(25(35)36)14-22(20)40-26/h2-7,14,17H,8-13,15H2,1H3,(H,35,36). The molecule has 0 unspecified atom stereocenters. The number of ether oxygens (including phenoxy) is 2. The van der Waals surface area contributed by atoms with Crippen LogP contribution in [0.15, 0.2) is 47.0 Å². The number of carbonyl (C=O) groups is 1. The minimum atomic E-state index is -4.84. The summed E-state index contributed by atoms with van der Waals surface area (Å²) in [6.45, 7) is 3.63. The summed E-state index contributed by atoms with van der Waals surface area (Å²) >= 11 is 1.46. The van der Waals surface area contributed by atoms with Gasteiger partial charge in [0.1, 0.15) is 17.2 Å². The number of aromatic carboxylic acids is 1. The van der Waals surface area contributed by atoms with Gasteiger partial charge in [-0.1, -0.05) is 35.5 Å². The van der Waals surface area contributed by atoms with Crippen molar-refractivity contribution in [1.29, 1.82) is 0 Å². The van der Waals surface area contributed by atoms with Crippen molar-refractivity contribution in [2.75, 3.05) is 18.0 Å². The molecular weight excluding hydrogens is 547 g/mol. The average molecular weight is 574 g/mol. The first kappa shape index (κ1) is 26.6. The van der Waals surface area contributed by atoms with Crippen molar-refractivity contribution in [3.63, 3.8) is 0 Å². The Bertz CT molecular complexity index is 1550. The maximum Gasteiger partial charge on any atom is 0.573 e. The summed E-state index contributed by atoms with van der Waals surface area (Å²) in [5.41, 5.74) is 1.95. The largest absolute Gasteiger partial charge is 0.573 e. The van der Waals surface area contributed by atoms with E-state index in [-0.39, 0.29) is 35.0 Å². The van der Waals surface area contributed by atoms with Crippen LogP contribution in [0.3, 0.4) is 0 Å². The predicted octanol–water partition coefficient (Wildman–Crippen LogP) is 6.79. The van der Waals surface area contributed by atoms with E-state index in [9.17, 15) is 23.1 Å². The van der Waals surface area contributed by atoms with Crippen LogP contribution >= 0.6 is 11.3 Å². The van der Waals surface area contributed by atoms with Gasteiger partial charge in [-0.05, 0) is 56.0 Å². The molecule has 40 heavy (non-hydrogen) atoms. The van der Waals surface area contributed by atoms with Crippen LogP contribution in [0.2, 0.25) is 0 Å². The van der Waals surface area contributed by atoms with Gasteiger partial charge in [0.15, 0.2) is 5.13 Å². The molecule has 12 heteroatoms. The summed E-state index contributed by atoms with van der Waals surface area (Å²) in [6, 6.07) is 10.8. The highest BCUT2D eigenvalue weighted by atomic mass is 32.1. The number of halogens is 3. The first-order valence-corrected chi connectivity index (χ1v) is 13.8. The van der Waals surface area contributed by atoms with Crippen LogP contribution < -0.4 is 9.64 Å². The lowest BCUT2D eigenvalue weighted by Gasteiger charge is -2.31. The molecule has 0 radical (unpaired) electrons. The summed E-state index contributed by atoms with van der Waals surface area (Å²) in [5.74, 6) is -0.658. The monoisotopic (exact) mass is 573 g/mol. The van der Waals surface area contributed by atoms with E-state index in [1.165, 1.54) is 29.5 Å². The van der Waals surface area contributed by atoms with Gasteiger partial charge >= 0.3 is 12.3 Å². The number of hydrogen-bond donors (Lipinski definition) is 1. The molecule has 210 valence electrons. The van der Waals surface area contributed by atoms with E-state index in [2.05, 4.69) is 26.7 Å². The van der Waals surface area contributed by atoms with Gasteiger partial charge in [0.2, 0.25) is 0 Å². The Kier molecular flexibility index (Phi) is 6.70. The van der Waals surface area contributed by atoms with Crippen LogP contribution in [0, 0.1) is 0 Å². The zero-order valence-corrected chi connectivity index (χ0v) is 22.3. The van der Waals surface area contributed by atoms with Crippen LogP contribution in [0.25, 0.3) is 21.5 Å². The van der Waals surface area contributed by atoms with E-state index in [1.807, 2.05) is 0 Å². The highest BCUT2D eigenvalue weighted by Crippen LogP contribution is 2.51. The lowest BCUT2D eigenvalue weighted by molar-refractivity contribution is -0.274. The Morgan fingerprint density at radius 1 is 1.20 bits per heavy atom. The maximum absolute atomic E-state index is 13.1. The van der Waals surface area contributed by atoms with Crippen molar-refractivity contribution < 1.29 is 37.1 Å². The third kappa shape index (κ3) is 5.37. The summed E-state index contributed by atoms with van der Waals surface area (Å²) < 4.78 is 56.3. The number of anilines is 1. The molecule has 1 N–H and O–H groups in total. The Morgan fingerprint density at radius 2 is 1.95 bits per heavy atom. The Morgan fingerprint density at radius 3 is 2.65 bits per heavy atom. The minimum absolute atomic E-state index is 0.0616. The smallest absolute Gasteiger partial charge is 0.478 e. The molecule has 4 aromatic rings. The molecule has 8 nitrogen and oxygen atoms in total. The lowest BCUT2D eigenvalue weighted by atomic mass is 9.98. The van der Waals surface area contributed by atoms with Gasteiger partial charge in [0.05, 0.1) is 28.5 Å². The average Bonchev–Trinajstić information content (AvgIpc) is 3.33. The minimum Gasteiger partial charge on any atom is -0.478 e. The molecule has 2 aliphatic rings. The topological polar surface area (TPSA) is 97.9 Å². The fourth-order valence-corrected chi connectivity index (χ4v) is 6.07. The van der Waals surface area contributed by atoms with E-state index in [0.717, 1.165) is 41.0 Å². The van der Waals surface area contributed by atoms with Gasteiger partial charge in [-0.3, -0.25) is 0 Å². The van der Waals surface area contributed by atoms with Gasteiger partial charge in [-0.25, -0.2) is 9.78 Å². The maximum atomic E-state index is 13.1. The van der Waals surface area contributed by atoms with Gasteiger partial charge in [-0.15, -0.1) is 13.2 Å². The van der Waals surface area contributed by atoms with Gasteiger partial charge in [0, 0.05) is 29.6 Å². The number of alkyl halides is 3. The molecule has 0 spiro atoms. The molecule has 1 aliphatic heterocycles. The number of carboxylic acids is 1. The fourth-order valence-electron chi connectivity index (χ4n) is 5.02. The fraction of sp³-hybridized carbons (Fsp3) is 0.393. The molecule has 1 saturated carbocycles. The van der Waals surface area contributed by atoms with Crippen LogP contribution in [0.5, 0.6) is 5.75 Å². The summed E-state index contributed by atoms with van der Waals surface area (Å²) in [5, 5.41) is 14.3. The van der Waals surface area contributed by atoms with Crippen molar-refractivity contribution in [3.05, 3.63) is 59.4 Å². The number of aromatic nitrogens is 2. The van der Waals surface area contributed by atoms with Crippen molar-refractivity contribution in [2.24, 2.45) is 0 Å². The van der Waals surface area contributed by atoms with E-state index in [4.69, 9.17) is 9.26 Å². The first-order valence-electron chi connectivity index (χ1n) is 12.9. The van der Waals surface area contributed by atoms with Crippen molar-refractivity contribution >= 4 is 32.7 Å². The number of para-hydroxylation sites is 1. The van der Waals surface area contributed by atoms with Crippen LogP contribution in [-0.4, -0.2) is 46.8 Å². The van der Waals surface area contributed by atoms with Gasteiger partial charge in [-0.2, -0.15) is 0 Å². The van der Waals surface area contributed by atoms with E-state index in [0.29, 0.717) is 30.1 Å². The number of fused-ring (bicyclic) bond motifs is 1. The number of benzene rings is 2. The third-order valence-electron chi connectivity index (χ3n) is 7.50. The molecule has 1 saturated heterocycles. The number of nitrogens with zero attached hydrogens (tertiary/aromatic N) is 3. The van der Waals surface area contributed by atoms with Crippen LogP contribution in [0.1, 0.15) is 54.3 Å². The Labute approximate surface area is 231 Å². The quantitative estimate of drug-likeness (QED) is 0.246. The predicted molar refractivity (Wildman–Crippen MR) is 142 cm³/mol. The third-order valence-corrected chi connectivity index (χ3v) is 8.58. The SMILES string of the molecule is CC1(c2onc(-c3ccccc3OC(F)(F)F)c2COC2CCN(c3nc4ccc(C(=O)O)cc4s3)CC2)CC1. The molecule has 0 amide bonds. The number of hydrogen-bond acceptors (Lipinski definition) is 8. The molecule has 3 heterocycles. The van der Waals surface area contributed by atoms with Gasteiger partial charge in [0.25, 0.3) is 0 Å². The summed E-state index contributed by atoms with van der Waals surface area (Å²) in [6.07, 6.45) is -1.62. The van der Waals surface area contributed by atoms with E-state index in [1.54, 1.807) is 24.3 Å². The Hall–Kier alpha value is -3.64. The molecule has 2 fully saturated rings. The van der Waals surface area contributed by atoms with E-state index >= 15 is 0 Å². The van der Waals surface area contributed by atoms with E-state index < -0.39 is 12.3 Å². The van der Waals surface area contributed by atoms with Gasteiger partial charge < -0.3 is 24.0 Å². The van der Waals surface area contributed by atoms with Crippen LogP contribution in [0.4, 0.5) is 18.3 Å². The second-order valence-electron chi connectivity index (χ2n) is 10.4. The molecule has 1 aliphatic carbocycles. The summed E-state index contributed by atoms with van der Waals surface area (Å²) in [4.78, 5) is 18.1. The van der Waals surface area contributed by atoms with Crippen molar-refractivity contribution in [2.45, 2.75) is 57.1 Å². The van der Waals surface area contributed by atoms with Crippen molar-refractivity contribution in [3.8, 4) is 17.0 Å². The zero-order valence-electron chi connectivity index (χ0n) is 21.5. The lowest BCUT2D eigenvalue weighted by Crippen LogP contribution is -2.37. The second-order valence-corrected chi connectivity index (χ2v) is 11.4. The Balaban J connectivity index is 1.16. The normalized spacial score (nSPS) is 17.4. The number of thiazole rings is 1. The second kappa shape index (κ2) is 10.1. The molecular formula is C28H26F3N3O5S. The molecule has 6 rings (SSSR count).